The van der Waals surface area contributed by atoms with Crippen LogP contribution in [0.25, 0.3) is 0 Å². The van der Waals surface area contributed by atoms with Gasteiger partial charge in [-0.15, -0.1) is 0 Å². The van der Waals surface area contributed by atoms with E-state index in [2.05, 4.69) is 4.98 Å². The number of carboxylic acids is 1. The second kappa shape index (κ2) is 4.38. The Morgan fingerprint density at radius 1 is 1.62 bits per heavy atom. The van der Waals surface area contributed by atoms with Crippen LogP contribution in [-0.4, -0.2) is 29.1 Å². The monoisotopic (exact) mass is 221 g/mol. The van der Waals surface area contributed by atoms with Crippen molar-refractivity contribution >= 4 is 17.5 Å². The lowest BCUT2D eigenvalue weighted by Crippen LogP contribution is -2.39. The van der Waals surface area contributed by atoms with Crippen molar-refractivity contribution in [1.29, 1.82) is 0 Å². The van der Waals surface area contributed by atoms with E-state index in [0.717, 1.165) is 19.4 Å². The van der Waals surface area contributed by atoms with Gasteiger partial charge in [-0.1, -0.05) is 0 Å². The molecule has 1 aliphatic heterocycles. The van der Waals surface area contributed by atoms with Crippen LogP contribution in [0.1, 0.15) is 12.8 Å². The number of anilines is 2. The van der Waals surface area contributed by atoms with E-state index in [1.54, 1.807) is 18.3 Å². The first-order valence-electron chi connectivity index (χ1n) is 5.36. The molecule has 2 rings (SSSR count). The smallest absolute Gasteiger partial charge is 0.308 e. The van der Waals surface area contributed by atoms with Crippen molar-refractivity contribution in [3.05, 3.63) is 18.3 Å². The fourth-order valence-corrected chi connectivity index (χ4v) is 2.04. The number of hydrogen-bond acceptors (Lipinski definition) is 4. The van der Waals surface area contributed by atoms with Gasteiger partial charge in [-0.25, -0.2) is 4.98 Å². The minimum atomic E-state index is -0.737. The highest BCUT2D eigenvalue weighted by Gasteiger charge is 2.26. The normalized spacial score (nSPS) is 20.8. The first-order chi connectivity index (χ1) is 7.68. The quantitative estimate of drug-likeness (QED) is 0.777. The average Bonchev–Trinajstić information content (AvgIpc) is 2.30. The van der Waals surface area contributed by atoms with Crippen molar-refractivity contribution in [2.75, 3.05) is 23.7 Å². The van der Waals surface area contributed by atoms with E-state index in [4.69, 9.17) is 10.8 Å². The number of pyridine rings is 1. The molecule has 0 saturated carbocycles. The van der Waals surface area contributed by atoms with Crippen LogP contribution in [0, 0.1) is 5.92 Å². The van der Waals surface area contributed by atoms with Crippen molar-refractivity contribution in [2.45, 2.75) is 12.8 Å². The SMILES string of the molecule is Nc1cccnc1N1CCC[C@H](C(=O)O)C1. The number of hydrogen-bond donors (Lipinski definition) is 2. The summed E-state index contributed by atoms with van der Waals surface area (Å²) in [5, 5.41) is 8.99. The minimum absolute atomic E-state index is 0.310. The fraction of sp³-hybridized carbons (Fsp3) is 0.455. The summed E-state index contributed by atoms with van der Waals surface area (Å²) in [5.41, 5.74) is 6.43. The molecule has 1 aromatic rings. The Hall–Kier alpha value is -1.78. The van der Waals surface area contributed by atoms with Crippen LogP contribution in [0.4, 0.5) is 11.5 Å². The Bertz CT molecular complexity index is 395. The lowest BCUT2D eigenvalue weighted by Gasteiger charge is -2.32. The van der Waals surface area contributed by atoms with E-state index in [-0.39, 0.29) is 5.92 Å². The molecule has 0 spiro atoms. The van der Waals surface area contributed by atoms with E-state index in [0.29, 0.717) is 18.1 Å². The summed E-state index contributed by atoms with van der Waals surface area (Å²) in [5.74, 6) is -0.345. The van der Waals surface area contributed by atoms with E-state index in [1.807, 2.05) is 4.90 Å². The van der Waals surface area contributed by atoms with Gasteiger partial charge >= 0.3 is 5.97 Å². The van der Waals surface area contributed by atoms with Crippen molar-refractivity contribution in [3.63, 3.8) is 0 Å². The van der Waals surface area contributed by atoms with Crippen LogP contribution in [0.15, 0.2) is 18.3 Å². The largest absolute Gasteiger partial charge is 0.481 e. The summed E-state index contributed by atoms with van der Waals surface area (Å²) in [4.78, 5) is 17.1. The molecule has 86 valence electrons. The first kappa shape index (κ1) is 10.7. The molecule has 0 aliphatic carbocycles. The number of nitrogens with zero attached hydrogens (tertiary/aromatic N) is 2. The number of aromatic nitrogens is 1. The van der Waals surface area contributed by atoms with E-state index in [1.165, 1.54) is 0 Å². The van der Waals surface area contributed by atoms with Gasteiger partial charge < -0.3 is 15.7 Å². The Balaban J connectivity index is 2.16. The van der Waals surface area contributed by atoms with Gasteiger partial charge in [0.25, 0.3) is 0 Å². The van der Waals surface area contributed by atoms with Gasteiger partial charge in [0.2, 0.25) is 0 Å². The van der Waals surface area contributed by atoms with Gasteiger partial charge in [0.05, 0.1) is 11.6 Å². The van der Waals surface area contributed by atoms with E-state index < -0.39 is 5.97 Å². The number of rotatable bonds is 2. The van der Waals surface area contributed by atoms with Crippen LogP contribution in [0.5, 0.6) is 0 Å². The predicted octanol–water partition coefficient (Wildman–Crippen LogP) is 0.965. The van der Waals surface area contributed by atoms with Crippen LogP contribution < -0.4 is 10.6 Å². The summed E-state index contributed by atoms with van der Waals surface area (Å²) in [6.07, 6.45) is 3.28. The fourth-order valence-electron chi connectivity index (χ4n) is 2.04. The Kier molecular flexibility index (Phi) is 2.94. The molecule has 1 atom stereocenters. The molecular weight excluding hydrogens is 206 g/mol. The van der Waals surface area contributed by atoms with Gasteiger partial charge in [-0.05, 0) is 25.0 Å². The topological polar surface area (TPSA) is 79.5 Å². The summed E-state index contributed by atoms with van der Waals surface area (Å²) in [6.45, 7) is 1.32. The van der Waals surface area contributed by atoms with Gasteiger partial charge in [0.1, 0.15) is 0 Å². The van der Waals surface area contributed by atoms with Crippen molar-refractivity contribution < 1.29 is 9.90 Å². The highest BCUT2D eigenvalue weighted by molar-refractivity contribution is 5.72. The Morgan fingerprint density at radius 2 is 2.44 bits per heavy atom. The molecule has 1 aromatic heterocycles. The molecule has 2 heterocycles. The zero-order valence-corrected chi connectivity index (χ0v) is 8.97. The molecule has 0 unspecified atom stereocenters. The van der Waals surface area contributed by atoms with Crippen LogP contribution >= 0.6 is 0 Å². The summed E-state index contributed by atoms with van der Waals surface area (Å²) in [7, 11) is 0. The second-order valence-electron chi connectivity index (χ2n) is 4.04. The van der Waals surface area contributed by atoms with E-state index in [9.17, 15) is 4.79 Å². The lowest BCUT2D eigenvalue weighted by atomic mass is 9.98. The third kappa shape index (κ3) is 2.08. The molecule has 0 aromatic carbocycles. The molecule has 1 saturated heterocycles. The average molecular weight is 221 g/mol. The zero-order valence-electron chi connectivity index (χ0n) is 8.97. The minimum Gasteiger partial charge on any atom is -0.481 e. The Morgan fingerprint density at radius 3 is 3.12 bits per heavy atom. The van der Waals surface area contributed by atoms with Gasteiger partial charge in [-0.2, -0.15) is 0 Å². The van der Waals surface area contributed by atoms with Gasteiger partial charge in [0.15, 0.2) is 5.82 Å². The number of aliphatic carboxylic acids is 1. The van der Waals surface area contributed by atoms with Crippen molar-refractivity contribution in [1.82, 2.24) is 4.98 Å². The molecule has 5 nitrogen and oxygen atoms in total. The standard InChI is InChI=1S/C11H15N3O2/c12-9-4-1-5-13-10(9)14-6-2-3-8(7-14)11(15)16/h1,4-5,8H,2-3,6-7,12H2,(H,15,16)/t8-/m0/s1. The number of carbonyl (C=O) groups is 1. The number of piperidine rings is 1. The summed E-state index contributed by atoms with van der Waals surface area (Å²) >= 11 is 0. The third-order valence-corrected chi connectivity index (χ3v) is 2.89. The summed E-state index contributed by atoms with van der Waals surface area (Å²) in [6, 6.07) is 3.56. The lowest BCUT2D eigenvalue weighted by molar-refractivity contribution is -0.141. The predicted molar refractivity (Wildman–Crippen MR) is 61.2 cm³/mol. The van der Waals surface area contributed by atoms with E-state index >= 15 is 0 Å². The maximum atomic E-state index is 10.9. The van der Waals surface area contributed by atoms with Crippen LogP contribution in [0.3, 0.4) is 0 Å². The molecule has 0 bridgehead atoms. The molecule has 16 heavy (non-hydrogen) atoms. The zero-order chi connectivity index (χ0) is 11.5. The first-order valence-corrected chi connectivity index (χ1v) is 5.36. The number of nitrogen functional groups attached to an aromatic ring is 1. The molecule has 0 amide bonds. The highest BCUT2D eigenvalue weighted by Crippen LogP contribution is 2.25. The molecule has 5 heteroatoms. The Labute approximate surface area is 93.9 Å². The molecule has 3 N–H and O–H groups in total. The van der Waals surface area contributed by atoms with Gasteiger partial charge in [0, 0.05) is 19.3 Å². The van der Waals surface area contributed by atoms with Crippen molar-refractivity contribution in [3.8, 4) is 0 Å². The maximum absolute atomic E-state index is 10.9. The van der Waals surface area contributed by atoms with Gasteiger partial charge in [-0.3, -0.25) is 4.79 Å². The third-order valence-electron chi connectivity index (χ3n) is 2.89. The number of carboxylic acid groups (broad SMARTS) is 1. The second-order valence-corrected chi connectivity index (χ2v) is 4.04. The van der Waals surface area contributed by atoms with Crippen LogP contribution in [0.2, 0.25) is 0 Å². The van der Waals surface area contributed by atoms with Crippen molar-refractivity contribution in [2.24, 2.45) is 5.92 Å². The highest BCUT2D eigenvalue weighted by atomic mass is 16.4. The maximum Gasteiger partial charge on any atom is 0.308 e. The molecule has 1 aliphatic rings. The van der Waals surface area contributed by atoms with Crippen LogP contribution in [-0.2, 0) is 4.79 Å². The molecular formula is C11H15N3O2. The summed E-state index contributed by atoms with van der Waals surface area (Å²) < 4.78 is 0. The molecule has 0 radical (unpaired) electrons. The number of nitrogens with two attached hydrogens (primary N) is 1. The molecule has 1 fully saturated rings.